The number of thioether (sulfide) groups is 1. The second kappa shape index (κ2) is 8.35. The first-order chi connectivity index (χ1) is 12.7. The topological polar surface area (TPSA) is 74.9 Å². The molecule has 0 bridgehead atoms. The highest BCUT2D eigenvalue weighted by atomic mass is 32.2. The second-order valence-corrected chi connectivity index (χ2v) is 6.43. The number of rotatable bonds is 6. The molecule has 0 radical (unpaired) electrons. The number of hydrazone groups is 1. The predicted octanol–water partition coefficient (Wildman–Crippen LogP) is 3.01. The number of amides is 2. The van der Waals surface area contributed by atoms with Crippen LogP contribution in [0.1, 0.15) is 11.3 Å². The third kappa shape index (κ3) is 4.31. The van der Waals surface area contributed by atoms with Crippen LogP contribution in [-0.2, 0) is 16.0 Å². The van der Waals surface area contributed by atoms with E-state index >= 15 is 0 Å². The number of carbonyl (C=O) groups excluding carboxylic acids is 2. The maximum atomic E-state index is 12.5. The summed E-state index contributed by atoms with van der Waals surface area (Å²) in [5.74, 6) is 0.120. The lowest BCUT2D eigenvalue weighted by molar-refractivity contribution is -0.122. The van der Waals surface area contributed by atoms with Gasteiger partial charge < -0.3 is 4.42 Å². The van der Waals surface area contributed by atoms with Crippen LogP contribution in [0.5, 0.6) is 0 Å². The lowest BCUT2D eigenvalue weighted by Gasteiger charge is -2.12. The summed E-state index contributed by atoms with van der Waals surface area (Å²) in [5, 5.41) is 4.51. The number of hydrogen-bond donors (Lipinski definition) is 1. The number of furan rings is 1. The molecule has 1 fully saturated rings. The molecule has 0 atom stereocenters. The molecule has 1 aromatic carbocycles. The maximum absolute atomic E-state index is 12.5. The standard InChI is InChI=1S/C19H17N3O3S/c1-2-10-22-18(24)16(13-15-9-6-11-25-15)26-19(22)21-20-17(23)12-14-7-4-3-5-8-14/h2-9,11,13H,1,10,12H2,(H,20,23)/b16-13-,21-19+. The van der Waals surface area contributed by atoms with E-state index in [1.165, 1.54) is 22.9 Å². The van der Waals surface area contributed by atoms with Crippen LogP contribution in [0.3, 0.4) is 0 Å². The Morgan fingerprint density at radius 2 is 2.08 bits per heavy atom. The van der Waals surface area contributed by atoms with E-state index in [0.29, 0.717) is 22.4 Å². The van der Waals surface area contributed by atoms with Crippen LogP contribution in [0.2, 0.25) is 0 Å². The Morgan fingerprint density at radius 3 is 2.77 bits per heavy atom. The van der Waals surface area contributed by atoms with Gasteiger partial charge in [-0.2, -0.15) is 0 Å². The quantitative estimate of drug-likeness (QED) is 0.484. The normalized spacial score (nSPS) is 17.1. The molecule has 26 heavy (non-hydrogen) atoms. The first-order valence-corrected chi connectivity index (χ1v) is 8.75. The predicted molar refractivity (Wildman–Crippen MR) is 102 cm³/mol. The van der Waals surface area contributed by atoms with E-state index in [1.807, 2.05) is 30.3 Å². The van der Waals surface area contributed by atoms with Crippen LogP contribution >= 0.6 is 11.8 Å². The van der Waals surface area contributed by atoms with Crippen LogP contribution in [-0.4, -0.2) is 28.4 Å². The first-order valence-electron chi connectivity index (χ1n) is 7.93. The molecule has 1 aromatic heterocycles. The van der Waals surface area contributed by atoms with Crippen molar-refractivity contribution in [1.29, 1.82) is 0 Å². The number of nitrogens with zero attached hydrogens (tertiary/aromatic N) is 2. The summed E-state index contributed by atoms with van der Waals surface area (Å²) in [6, 6.07) is 12.9. The van der Waals surface area contributed by atoms with E-state index < -0.39 is 0 Å². The Labute approximate surface area is 155 Å². The van der Waals surface area contributed by atoms with E-state index in [1.54, 1.807) is 24.3 Å². The van der Waals surface area contributed by atoms with Gasteiger partial charge in [0, 0.05) is 12.6 Å². The molecule has 1 N–H and O–H groups in total. The van der Waals surface area contributed by atoms with E-state index in [0.717, 1.165) is 5.56 Å². The molecule has 2 heterocycles. The summed E-state index contributed by atoms with van der Waals surface area (Å²) in [6.07, 6.45) is 5.01. The third-order valence-corrected chi connectivity index (χ3v) is 4.51. The van der Waals surface area contributed by atoms with Gasteiger partial charge in [0.15, 0.2) is 5.17 Å². The van der Waals surface area contributed by atoms with Gasteiger partial charge in [-0.3, -0.25) is 14.5 Å². The monoisotopic (exact) mass is 367 g/mol. The number of carbonyl (C=O) groups is 2. The Kier molecular flexibility index (Phi) is 5.70. The summed E-state index contributed by atoms with van der Waals surface area (Å²) in [4.78, 5) is 26.5. The smallest absolute Gasteiger partial charge is 0.267 e. The van der Waals surface area contributed by atoms with Gasteiger partial charge in [-0.05, 0) is 29.5 Å². The molecular formula is C19H17N3O3S. The molecule has 6 nitrogen and oxygen atoms in total. The highest BCUT2D eigenvalue weighted by Gasteiger charge is 2.33. The SMILES string of the molecule is C=CCN1C(=O)/C(=C/c2ccco2)S/C1=N/NC(=O)Cc1ccccc1. The summed E-state index contributed by atoms with van der Waals surface area (Å²) >= 11 is 1.18. The van der Waals surface area contributed by atoms with Gasteiger partial charge in [-0.15, -0.1) is 11.7 Å². The zero-order valence-corrected chi connectivity index (χ0v) is 14.7. The highest BCUT2D eigenvalue weighted by Crippen LogP contribution is 2.32. The van der Waals surface area contributed by atoms with E-state index in [9.17, 15) is 9.59 Å². The molecule has 2 amide bonds. The molecule has 3 rings (SSSR count). The Bertz CT molecular complexity index is 857. The summed E-state index contributed by atoms with van der Waals surface area (Å²) in [6.45, 7) is 3.96. The van der Waals surface area contributed by atoms with Gasteiger partial charge in [0.25, 0.3) is 5.91 Å². The van der Waals surface area contributed by atoms with Crippen molar-refractivity contribution >= 4 is 34.8 Å². The van der Waals surface area contributed by atoms with Gasteiger partial charge in [-0.25, -0.2) is 5.43 Å². The molecule has 7 heteroatoms. The lowest BCUT2D eigenvalue weighted by Crippen LogP contribution is -2.31. The number of nitrogens with one attached hydrogen (secondary N) is 1. The average molecular weight is 367 g/mol. The molecule has 1 aliphatic heterocycles. The fourth-order valence-electron chi connectivity index (χ4n) is 2.32. The largest absolute Gasteiger partial charge is 0.465 e. The minimum atomic E-state index is -0.251. The number of amidine groups is 1. The van der Waals surface area contributed by atoms with Crippen molar-refractivity contribution in [3.63, 3.8) is 0 Å². The fourth-order valence-corrected chi connectivity index (χ4v) is 3.24. The van der Waals surface area contributed by atoms with Crippen LogP contribution < -0.4 is 5.43 Å². The van der Waals surface area contributed by atoms with Crippen molar-refractivity contribution in [2.75, 3.05) is 6.54 Å². The number of benzene rings is 1. The fraction of sp³-hybridized carbons (Fsp3) is 0.105. The van der Waals surface area contributed by atoms with Crippen molar-refractivity contribution in [3.8, 4) is 0 Å². The molecule has 0 unspecified atom stereocenters. The highest BCUT2D eigenvalue weighted by molar-refractivity contribution is 8.18. The summed E-state index contributed by atoms with van der Waals surface area (Å²) in [5.41, 5.74) is 3.40. The maximum Gasteiger partial charge on any atom is 0.267 e. The van der Waals surface area contributed by atoms with Crippen LogP contribution in [0.15, 0.2) is 75.8 Å². The molecule has 0 aliphatic carbocycles. The lowest BCUT2D eigenvalue weighted by atomic mass is 10.1. The van der Waals surface area contributed by atoms with Crippen LogP contribution in [0.4, 0.5) is 0 Å². The molecule has 1 saturated heterocycles. The molecular weight excluding hydrogens is 350 g/mol. The molecule has 132 valence electrons. The van der Waals surface area contributed by atoms with Gasteiger partial charge in [0.1, 0.15) is 5.76 Å². The minimum absolute atomic E-state index is 0.206. The van der Waals surface area contributed by atoms with Crippen LogP contribution in [0.25, 0.3) is 6.08 Å². The van der Waals surface area contributed by atoms with Gasteiger partial charge in [0.05, 0.1) is 17.6 Å². The Morgan fingerprint density at radius 1 is 1.27 bits per heavy atom. The van der Waals surface area contributed by atoms with Gasteiger partial charge >= 0.3 is 0 Å². The Balaban J connectivity index is 1.72. The average Bonchev–Trinajstić information content (AvgIpc) is 3.25. The van der Waals surface area contributed by atoms with E-state index in [2.05, 4.69) is 17.1 Å². The zero-order chi connectivity index (χ0) is 18.4. The first kappa shape index (κ1) is 17.8. The van der Waals surface area contributed by atoms with Crippen molar-refractivity contribution in [2.45, 2.75) is 6.42 Å². The Hall–Kier alpha value is -3.06. The van der Waals surface area contributed by atoms with E-state index in [4.69, 9.17) is 4.42 Å². The zero-order valence-electron chi connectivity index (χ0n) is 13.9. The molecule has 2 aromatic rings. The summed E-state index contributed by atoms with van der Waals surface area (Å²) in [7, 11) is 0. The van der Waals surface area contributed by atoms with Gasteiger partial charge in [-0.1, -0.05) is 36.4 Å². The van der Waals surface area contributed by atoms with Crippen molar-refractivity contribution < 1.29 is 14.0 Å². The molecule has 0 saturated carbocycles. The molecule has 0 spiro atoms. The third-order valence-electron chi connectivity index (χ3n) is 3.50. The van der Waals surface area contributed by atoms with Crippen molar-refractivity contribution in [3.05, 3.63) is 77.6 Å². The second-order valence-electron chi connectivity index (χ2n) is 5.42. The number of hydrogen-bond acceptors (Lipinski definition) is 5. The summed E-state index contributed by atoms with van der Waals surface area (Å²) < 4.78 is 5.25. The van der Waals surface area contributed by atoms with E-state index in [-0.39, 0.29) is 18.2 Å². The van der Waals surface area contributed by atoms with Crippen LogP contribution in [0, 0.1) is 0 Å². The minimum Gasteiger partial charge on any atom is -0.465 e. The van der Waals surface area contributed by atoms with Crippen molar-refractivity contribution in [1.82, 2.24) is 10.3 Å². The molecule has 1 aliphatic rings. The van der Waals surface area contributed by atoms with Gasteiger partial charge in [0.2, 0.25) is 5.91 Å². The van der Waals surface area contributed by atoms with Crippen molar-refractivity contribution in [2.24, 2.45) is 5.10 Å².